The zero-order valence-electron chi connectivity index (χ0n) is 16.8. The highest BCUT2D eigenvalue weighted by atomic mass is 32.1. The molecule has 4 rings (SSSR count). The van der Waals surface area contributed by atoms with Gasteiger partial charge in [0, 0.05) is 23.5 Å². The van der Waals surface area contributed by atoms with Crippen LogP contribution in [0.2, 0.25) is 0 Å². The van der Waals surface area contributed by atoms with E-state index >= 15 is 0 Å². The summed E-state index contributed by atoms with van der Waals surface area (Å²) in [6.07, 6.45) is -1.60. The normalized spacial score (nSPS) is 13.5. The third kappa shape index (κ3) is 5.22. The minimum atomic E-state index is -4.99. The van der Waals surface area contributed by atoms with Crippen molar-refractivity contribution in [2.45, 2.75) is 25.9 Å². The Hall–Kier alpha value is -3.47. The average Bonchev–Trinajstić information content (AvgIpc) is 3.51. The molecule has 11 heteroatoms. The summed E-state index contributed by atoms with van der Waals surface area (Å²) in [4.78, 5) is 32.0. The summed E-state index contributed by atoms with van der Waals surface area (Å²) in [5.74, 6) is -1.46. The van der Waals surface area contributed by atoms with Crippen LogP contribution in [-0.4, -0.2) is 28.0 Å². The number of nitrogens with zero attached hydrogens (tertiary/aromatic N) is 2. The molecule has 1 saturated carbocycles. The molecular formula is C21H18F3N5O2S. The fourth-order valence-electron chi connectivity index (χ4n) is 2.94. The minimum Gasteiger partial charge on any atom is -0.340 e. The van der Waals surface area contributed by atoms with Gasteiger partial charge in [0.1, 0.15) is 5.82 Å². The van der Waals surface area contributed by atoms with E-state index in [1.165, 1.54) is 0 Å². The number of hydrogen-bond donors (Lipinski definition) is 3. The third-order valence-corrected chi connectivity index (χ3v) is 5.77. The zero-order chi connectivity index (χ0) is 22.9. The molecule has 3 N–H and O–H groups in total. The van der Waals surface area contributed by atoms with Crippen molar-refractivity contribution in [2.75, 3.05) is 16.0 Å². The van der Waals surface area contributed by atoms with Gasteiger partial charge in [-0.05, 0) is 55.7 Å². The van der Waals surface area contributed by atoms with Gasteiger partial charge in [-0.15, -0.1) is 0 Å². The molecule has 1 aliphatic rings. The van der Waals surface area contributed by atoms with Gasteiger partial charge in [-0.2, -0.15) is 13.2 Å². The molecule has 2 aromatic heterocycles. The van der Waals surface area contributed by atoms with E-state index in [0.29, 0.717) is 33.3 Å². The first-order valence-corrected chi connectivity index (χ1v) is 10.5. The van der Waals surface area contributed by atoms with Gasteiger partial charge in [0.25, 0.3) is 0 Å². The molecule has 0 bridgehead atoms. The number of rotatable bonds is 6. The van der Waals surface area contributed by atoms with Crippen molar-refractivity contribution in [1.29, 1.82) is 0 Å². The van der Waals surface area contributed by atoms with Crippen LogP contribution in [0.15, 0.2) is 42.6 Å². The lowest BCUT2D eigenvalue weighted by atomic mass is 10.2. The van der Waals surface area contributed by atoms with E-state index < -0.39 is 12.1 Å². The largest absolute Gasteiger partial charge is 0.471 e. The Labute approximate surface area is 185 Å². The molecule has 0 atom stereocenters. The predicted octanol–water partition coefficient (Wildman–Crippen LogP) is 5.11. The van der Waals surface area contributed by atoms with E-state index in [9.17, 15) is 22.8 Å². The van der Waals surface area contributed by atoms with E-state index in [-0.39, 0.29) is 17.0 Å². The van der Waals surface area contributed by atoms with Crippen molar-refractivity contribution in [3.8, 4) is 10.4 Å². The number of thiazole rings is 1. The Balaban J connectivity index is 1.50. The number of carbonyl (C=O) groups is 2. The Bertz CT molecular complexity index is 1170. The summed E-state index contributed by atoms with van der Waals surface area (Å²) in [7, 11) is 0. The van der Waals surface area contributed by atoms with Gasteiger partial charge in [-0.25, -0.2) is 9.97 Å². The molecule has 0 unspecified atom stereocenters. The first-order chi connectivity index (χ1) is 15.2. The molecule has 32 heavy (non-hydrogen) atoms. The first-order valence-electron chi connectivity index (χ1n) is 9.69. The number of hydrogen-bond acceptors (Lipinski definition) is 6. The van der Waals surface area contributed by atoms with Gasteiger partial charge in [0.15, 0.2) is 5.13 Å². The number of nitrogens with one attached hydrogen (secondary N) is 3. The van der Waals surface area contributed by atoms with E-state index in [1.54, 1.807) is 48.8 Å². The Kier molecular flexibility index (Phi) is 5.83. The molecule has 1 aromatic carbocycles. The number of aryl methyl sites for hydroxylation is 1. The lowest BCUT2D eigenvalue weighted by molar-refractivity contribution is -0.167. The number of benzene rings is 1. The van der Waals surface area contributed by atoms with Crippen LogP contribution >= 0.6 is 11.3 Å². The predicted molar refractivity (Wildman–Crippen MR) is 116 cm³/mol. The SMILES string of the molecule is Cc1nc(NC(=O)C(F)(F)F)sc1-c1ccnc(Nc2cccc(NC(=O)C3CC3)c2)c1. The molecule has 0 aliphatic heterocycles. The highest BCUT2D eigenvalue weighted by molar-refractivity contribution is 7.19. The Morgan fingerprint density at radius 2 is 1.84 bits per heavy atom. The molecule has 0 saturated heterocycles. The van der Waals surface area contributed by atoms with Crippen molar-refractivity contribution >= 4 is 45.5 Å². The second-order valence-electron chi connectivity index (χ2n) is 7.28. The van der Waals surface area contributed by atoms with E-state index in [2.05, 4.69) is 20.6 Å². The number of alkyl halides is 3. The van der Waals surface area contributed by atoms with Gasteiger partial charge in [0.05, 0.1) is 10.6 Å². The molecule has 1 aliphatic carbocycles. The maximum Gasteiger partial charge on any atom is 0.471 e. The maximum absolute atomic E-state index is 12.5. The molecule has 1 fully saturated rings. The topological polar surface area (TPSA) is 96.0 Å². The Morgan fingerprint density at radius 1 is 1.09 bits per heavy atom. The monoisotopic (exact) mass is 461 g/mol. The summed E-state index contributed by atoms with van der Waals surface area (Å²) in [6, 6.07) is 10.6. The number of halogens is 3. The standard InChI is InChI=1S/C21H18F3N5O2S/c1-11-17(32-20(26-11)29-19(31)21(22,23)24)13-7-8-25-16(9-13)27-14-3-2-4-15(10-14)28-18(30)12-5-6-12/h2-4,7-10,12H,5-6H2,1H3,(H,25,27)(H,28,30)(H,26,29,31). The van der Waals surface area contributed by atoms with Crippen LogP contribution in [0.3, 0.4) is 0 Å². The van der Waals surface area contributed by atoms with Crippen LogP contribution in [0.4, 0.5) is 35.5 Å². The summed E-state index contributed by atoms with van der Waals surface area (Å²) < 4.78 is 37.5. The van der Waals surface area contributed by atoms with Crippen LogP contribution in [0.5, 0.6) is 0 Å². The molecule has 0 radical (unpaired) electrons. The van der Waals surface area contributed by atoms with E-state index in [4.69, 9.17) is 0 Å². The van der Waals surface area contributed by atoms with Crippen LogP contribution in [-0.2, 0) is 9.59 Å². The lowest BCUT2D eigenvalue weighted by Gasteiger charge is -2.10. The van der Waals surface area contributed by atoms with Crippen molar-refractivity contribution in [3.63, 3.8) is 0 Å². The highest BCUT2D eigenvalue weighted by Gasteiger charge is 2.39. The summed E-state index contributed by atoms with van der Waals surface area (Å²) in [6.45, 7) is 1.65. The maximum atomic E-state index is 12.5. The average molecular weight is 461 g/mol. The van der Waals surface area contributed by atoms with Gasteiger partial charge in [-0.1, -0.05) is 17.4 Å². The fraction of sp³-hybridized carbons (Fsp3) is 0.238. The van der Waals surface area contributed by atoms with E-state index in [1.807, 2.05) is 6.07 Å². The van der Waals surface area contributed by atoms with Crippen molar-refractivity contribution in [1.82, 2.24) is 9.97 Å². The van der Waals surface area contributed by atoms with Crippen molar-refractivity contribution in [3.05, 3.63) is 48.3 Å². The minimum absolute atomic E-state index is 0.0105. The zero-order valence-corrected chi connectivity index (χ0v) is 17.6. The van der Waals surface area contributed by atoms with E-state index in [0.717, 1.165) is 24.2 Å². The Morgan fingerprint density at radius 3 is 2.56 bits per heavy atom. The number of aromatic nitrogens is 2. The highest BCUT2D eigenvalue weighted by Crippen LogP contribution is 2.35. The number of amides is 2. The number of carbonyl (C=O) groups excluding carboxylic acids is 2. The first kappa shape index (κ1) is 21.8. The molecule has 166 valence electrons. The van der Waals surface area contributed by atoms with Gasteiger partial charge < -0.3 is 10.6 Å². The number of anilines is 4. The van der Waals surface area contributed by atoms with Gasteiger partial charge in [-0.3, -0.25) is 14.9 Å². The molecule has 0 spiro atoms. The second kappa shape index (κ2) is 8.58. The molecule has 2 heterocycles. The molecular weight excluding hydrogens is 443 g/mol. The quantitative estimate of drug-likeness (QED) is 0.474. The second-order valence-corrected chi connectivity index (χ2v) is 8.28. The smallest absolute Gasteiger partial charge is 0.340 e. The summed E-state index contributed by atoms with van der Waals surface area (Å²) in [5.41, 5.74) is 2.55. The molecule has 2 amide bonds. The van der Waals surface area contributed by atoms with Crippen molar-refractivity contribution in [2.24, 2.45) is 5.92 Å². The number of pyridine rings is 1. The fourth-order valence-corrected chi connectivity index (χ4v) is 3.90. The molecule has 3 aromatic rings. The van der Waals surface area contributed by atoms with Gasteiger partial charge >= 0.3 is 12.1 Å². The molecule has 7 nitrogen and oxygen atoms in total. The summed E-state index contributed by atoms with van der Waals surface area (Å²) in [5, 5.41) is 7.68. The van der Waals surface area contributed by atoms with Gasteiger partial charge in [0.2, 0.25) is 5.91 Å². The van der Waals surface area contributed by atoms with Crippen LogP contribution in [0, 0.1) is 12.8 Å². The summed E-state index contributed by atoms with van der Waals surface area (Å²) >= 11 is 0.944. The third-order valence-electron chi connectivity index (χ3n) is 4.65. The van der Waals surface area contributed by atoms with Crippen LogP contribution in [0.25, 0.3) is 10.4 Å². The lowest BCUT2D eigenvalue weighted by Crippen LogP contribution is -2.29. The van der Waals surface area contributed by atoms with Crippen LogP contribution < -0.4 is 16.0 Å². The van der Waals surface area contributed by atoms with Crippen molar-refractivity contribution < 1.29 is 22.8 Å². The van der Waals surface area contributed by atoms with Crippen LogP contribution in [0.1, 0.15) is 18.5 Å².